The van der Waals surface area contributed by atoms with Crippen molar-refractivity contribution in [2.45, 2.75) is 68.3 Å². The van der Waals surface area contributed by atoms with E-state index in [4.69, 9.17) is 23.4 Å². The Bertz CT molecular complexity index is 1470. The standard InChI is InChI=1S/C27H30O15/c1-9-17(30)20(33)23(36)26(39-9)38-8-15-18(31)21(34)24(37)27(42-15)40-12-4-2-10(3-5-12)25-22(35)19(32)16-13(29)6-11(28)7-14(16)41-25/h2-7,9,15,17-18,20-21,23-24,26-31,33-37H,8H2,1H3/t9-,15+,17-,18+,20+,21-,23+,24+,26+,27-/m0/s1. The average Bonchev–Trinajstić information content (AvgIpc) is 2.96. The van der Waals surface area contributed by atoms with Crippen LogP contribution in [0.3, 0.4) is 0 Å². The molecule has 3 aromatic rings. The molecule has 228 valence electrons. The van der Waals surface area contributed by atoms with Crippen LogP contribution in [0, 0.1) is 0 Å². The van der Waals surface area contributed by atoms with Gasteiger partial charge in [-0.15, -0.1) is 0 Å². The molecule has 0 radical (unpaired) electrons. The largest absolute Gasteiger partial charge is 0.508 e. The number of aliphatic hydroxyl groups excluding tert-OH is 6. The van der Waals surface area contributed by atoms with Crippen LogP contribution in [0.5, 0.6) is 23.0 Å². The summed E-state index contributed by atoms with van der Waals surface area (Å²) in [6.45, 7) is 0.995. The van der Waals surface area contributed by atoms with Crippen LogP contribution in [0.25, 0.3) is 22.3 Å². The Hall–Kier alpha value is -3.51. The summed E-state index contributed by atoms with van der Waals surface area (Å²) in [4.78, 5) is 12.6. The van der Waals surface area contributed by atoms with Gasteiger partial charge in [0.1, 0.15) is 70.9 Å². The van der Waals surface area contributed by atoms with Gasteiger partial charge in [-0.25, -0.2) is 0 Å². The number of rotatable bonds is 6. The minimum Gasteiger partial charge on any atom is -0.508 e. The van der Waals surface area contributed by atoms with E-state index >= 15 is 0 Å². The first-order valence-corrected chi connectivity index (χ1v) is 12.9. The highest BCUT2D eigenvalue weighted by Gasteiger charge is 2.47. The van der Waals surface area contributed by atoms with Crippen molar-refractivity contribution in [3.63, 3.8) is 0 Å². The summed E-state index contributed by atoms with van der Waals surface area (Å²) in [5.74, 6) is -1.88. The predicted octanol–water partition coefficient (Wildman–Crippen LogP) is -1.39. The fourth-order valence-corrected chi connectivity index (χ4v) is 4.78. The maximum Gasteiger partial charge on any atom is 0.238 e. The van der Waals surface area contributed by atoms with E-state index in [9.17, 15) is 50.8 Å². The van der Waals surface area contributed by atoms with Crippen molar-refractivity contribution in [3.05, 3.63) is 46.6 Å². The lowest BCUT2D eigenvalue weighted by Crippen LogP contribution is -2.61. The quantitative estimate of drug-likeness (QED) is 0.159. The van der Waals surface area contributed by atoms with Crippen molar-refractivity contribution in [3.8, 4) is 34.3 Å². The van der Waals surface area contributed by atoms with E-state index in [2.05, 4.69) is 0 Å². The van der Waals surface area contributed by atoms with Crippen LogP contribution in [0.4, 0.5) is 0 Å². The Morgan fingerprint density at radius 1 is 0.786 bits per heavy atom. The second-order valence-electron chi connectivity index (χ2n) is 10.1. The predicted molar refractivity (Wildman–Crippen MR) is 139 cm³/mol. The van der Waals surface area contributed by atoms with Crippen LogP contribution < -0.4 is 10.2 Å². The second kappa shape index (κ2) is 11.6. The Kier molecular flexibility index (Phi) is 8.30. The van der Waals surface area contributed by atoms with Gasteiger partial charge in [0, 0.05) is 17.7 Å². The van der Waals surface area contributed by atoms with E-state index in [1.54, 1.807) is 0 Å². The molecule has 15 nitrogen and oxygen atoms in total. The zero-order valence-corrected chi connectivity index (χ0v) is 21.9. The van der Waals surface area contributed by atoms with E-state index in [0.29, 0.717) is 0 Å². The molecule has 2 aliphatic rings. The molecule has 42 heavy (non-hydrogen) atoms. The second-order valence-corrected chi connectivity index (χ2v) is 10.1. The van der Waals surface area contributed by atoms with Gasteiger partial charge in [0.2, 0.25) is 17.5 Å². The number of fused-ring (bicyclic) bond motifs is 1. The molecule has 9 N–H and O–H groups in total. The fraction of sp³-hybridized carbons (Fsp3) is 0.444. The summed E-state index contributed by atoms with van der Waals surface area (Å²) < 4.78 is 27.6. The zero-order chi connectivity index (χ0) is 30.5. The van der Waals surface area contributed by atoms with Gasteiger partial charge in [-0.3, -0.25) is 4.79 Å². The molecule has 2 fully saturated rings. The van der Waals surface area contributed by atoms with Gasteiger partial charge in [0.05, 0.1) is 12.7 Å². The molecule has 2 aromatic carbocycles. The molecule has 2 saturated heterocycles. The van der Waals surface area contributed by atoms with Crippen molar-refractivity contribution in [1.82, 2.24) is 0 Å². The number of aliphatic hydroxyl groups is 6. The average molecular weight is 595 g/mol. The molecular formula is C27H30O15. The van der Waals surface area contributed by atoms with Crippen LogP contribution >= 0.6 is 0 Å². The lowest BCUT2D eigenvalue weighted by atomic mass is 9.98. The summed E-state index contributed by atoms with van der Waals surface area (Å²) in [6.07, 6.45) is -14.6. The highest BCUT2D eigenvalue weighted by Crippen LogP contribution is 2.36. The number of hydrogen-bond acceptors (Lipinski definition) is 15. The summed E-state index contributed by atoms with van der Waals surface area (Å²) in [5.41, 5.74) is -0.882. The molecule has 0 spiro atoms. The Morgan fingerprint density at radius 2 is 1.43 bits per heavy atom. The van der Waals surface area contributed by atoms with Gasteiger partial charge < -0.3 is 69.3 Å². The molecule has 2 aliphatic heterocycles. The molecule has 0 saturated carbocycles. The first-order chi connectivity index (χ1) is 19.9. The third-order valence-electron chi connectivity index (χ3n) is 7.21. The minimum atomic E-state index is -1.73. The summed E-state index contributed by atoms with van der Waals surface area (Å²) >= 11 is 0. The monoisotopic (exact) mass is 594 g/mol. The van der Waals surface area contributed by atoms with Crippen LogP contribution in [-0.4, -0.2) is 114 Å². The van der Waals surface area contributed by atoms with E-state index in [1.807, 2.05) is 0 Å². The third kappa shape index (κ3) is 5.49. The molecule has 5 rings (SSSR count). The van der Waals surface area contributed by atoms with Gasteiger partial charge in [-0.1, -0.05) is 0 Å². The summed E-state index contributed by atoms with van der Waals surface area (Å²) in [7, 11) is 0. The Labute approximate surface area is 236 Å². The van der Waals surface area contributed by atoms with Crippen molar-refractivity contribution in [2.75, 3.05) is 6.61 Å². The van der Waals surface area contributed by atoms with Crippen LogP contribution in [-0.2, 0) is 14.2 Å². The molecule has 10 atom stereocenters. The maximum absolute atomic E-state index is 12.6. The topological polar surface area (TPSA) is 249 Å². The van der Waals surface area contributed by atoms with Crippen molar-refractivity contribution in [2.24, 2.45) is 0 Å². The number of aromatic hydroxyl groups is 3. The normalized spacial score (nSPS) is 33.5. The number of ether oxygens (including phenoxy) is 4. The Balaban J connectivity index is 1.30. The Morgan fingerprint density at radius 3 is 2.12 bits per heavy atom. The number of phenolic OH excluding ortho intramolecular Hbond substituents is 2. The van der Waals surface area contributed by atoms with E-state index in [1.165, 1.54) is 31.2 Å². The van der Waals surface area contributed by atoms with Crippen molar-refractivity contribution in [1.29, 1.82) is 0 Å². The zero-order valence-electron chi connectivity index (χ0n) is 21.9. The van der Waals surface area contributed by atoms with E-state index < -0.39 is 84.9 Å². The molecule has 0 unspecified atom stereocenters. The maximum atomic E-state index is 12.6. The van der Waals surface area contributed by atoms with Crippen LogP contribution in [0.15, 0.2) is 45.6 Å². The summed E-state index contributed by atoms with van der Waals surface area (Å²) in [6, 6.07) is 7.57. The van der Waals surface area contributed by atoms with Crippen molar-refractivity contribution < 1.29 is 69.3 Å². The molecular weight excluding hydrogens is 564 g/mol. The lowest BCUT2D eigenvalue weighted by molar-refractivity contribution is -0.318. The first kappa shape index (κ1) is 30.0. The van der Waals surface area contributed by atoms with E-state index in [0.717, 1.165) is 12.1 Å². The van der Waals surface area contributed by atoms with Crippen molar-refractivity contribution >= 4 is 11.0 Å². The van der Waals surface area contributed by atoms with Gasteiger partial charge in [0.15, 0.2) is 12.1 Å². The number of benzene rings is 2. The first-order valence-electron chi connectivity index (χ1n) is 12.9. The highest BCUT2D eigenvalue weighted by molar-refractivity contribution is 5.88. The summed E-state index contributed by atoms with van der Waals surface area (Å²) in [5, 5.41) is 90.9. The molecule has 1 aromatic heterocycles. The highest BCUT2D eigenvalue weighted by atomic mass is 16.7. The smallest absolute Gasteiger partial charge is 0.238 e. The number of hydrogen-bond donors (Lipinski definition) is 9. The van der Waals surface area contributed by atoms with Crippen LogP contribution in [0.2, 0.25) is 0 Å². The SMILES string of the molecule is C[C@@H]1O[C@@H](OC[C@H]2O[C@H](Oc3ccc(-c4oc5cc(O)cc(O)c5c(=O)c4O)cc3)[C@H](O)[C@@H](O)[C@@H]2O)[C@H](O)[C@H](O)[C@H]1O. The molecule has 0 amide bonds. The third-order valence-corrected chi connectivity index (χ3v) is 7.21. The number of phenols is 2. The van der Waals surface area contributed by atoms with Crippen LogP contribution in [0.1, 0.15) is 6.92 Å². The molecule has 3 heterocycles. The molecule has 15 heteroatoms. The van der Waals surface area contributed by atoms with Gasteiger partial charge in [0.25, 0.3) is 0 Å². The van der Waals surface area contributed by atoms with E-state index in [-0.39, 0.29) is 33.8 Å². The minimum absolute atomic E-state index is 0.0981. The molecule has 0 aliphatic carbocycles. The van der Waals surface area contributed by atoms with Gasteiger partial charge >= 0.3 is 0 Å². The molecule has 0 bridgehead atoms. The van der Waals surface area contributed by atoms with Gasteiger partial charge in [-0.05, 0) is 31.2 Å². The van der Waals surface area contributed by atoms with Gasteiger partial charge in [-0.2, -0.15) is 0 Å². The lowest BCUT2D eigenvalue weighted by Gasteiger charge is -2.42. The fourth-order valence-electron chi connectivity index (χ4n) is 4.78.